The number of benzene rings is 1. The summed E-state index contributed by atoms with van der Waals surface area (Å²) in [6, 6.07) is 5.30. The zero-order chi connectivity index (χ0) is 16.0. The van der Waals surface area contributed by atoms with Gasteiger partial charge in [0.1, 0.15) is 12.7 Å². The van der Waals surface area contributed by atoms with Crippen LogP contribution in [0.2, 0.25) is 0 Å². The first-order chi connectivity index (χ1) is 9.77. The molecule has 1 N–H and O–H groups in total. The van der Waals surface area contributed by atoms with Crippen LogP contribution in [-0.2, 0) is 10.3 Å². The number of aryl methyl sites for hydroxylation is 1. The zero-order valence-electron chi connectivity index (χ0n) is 13.3. The molecule has 0 fully saturated rings. The van der Waals surface area contributed by atoms with E-state index in [0.29, 0.717) is 15.8 Å². The van der Waals surface area contributed by atoms with Crippen LogP contribution in [0.3, 0.4) is 0 Å². The van der Waals surface area contributed by atoms with Crippen molar-refractivity contribution in [2.75, 3.05) is 26.8 Å². The summed E-state index contributed by atoms with van der Waals surface area (Å²) in [6.07, 6.45) is -1.11. The van der Waals surface area contributed by atoms with Crippen LogP contribution in [0.15, 0.2) is 18.2 Å². The molecular formula is C13H20KNO6S. The number of rotatable bonds is 8. The molecule has 1 unspecified atom stereocenters. The van der Waals surface area contributed by atoms with Gasteiger partial charge in [-0.2, -0.15) is 0 Å². The average molecular weight is 357 g/mol. The molecule has 1 rings (SSSR count). The quantitative estimate of drug-likeness (QED) is 0.409. The Kier molecular flexibility index (Phi) is 10.3. The van der Waals surface area contributed by atoms with Gasteiger partial charge in [-0.25, -0.2) is 12.7 Å². The predicted octanol–water partition coefficient (Wildman–Crippen LogP) is -2.47. The normalized spacial score (nSPS) is 12.6. The Morgan fingerprint density at radius 3 is 2.50 bits per heavy atom. The zero-order valence-corrected chi connectivity index (χ0v) is 17.2. The number of methoxy groups -OCH3 is 1. The summed E-state index contributed by atoms with van der Waals surface area (Å²) in [6.45, 7) is 2.96. The molecule has 0 radical (unpaired) electrons. The van der Waals surface area contributed by atoms with Gasteiger partial charge in [-0.3, -0.25) is 0 Å². The van der Waals surface area contributed by atoms with Crippen molar-refractivity contribution in [1.29, 1.82) is 0 Å². The van der Waals surface area contributed by atoms with E-state index < -0.39 is 16.4 Å². The van der Waals surface area contributed by atoms with Gasteiger partial charge >= 0.3 is 51.4 Å². The number of likely N-dealkylation sites (N-methyl/N-ethyl adjacent to an activating group) is 1. The molecule has 1 atom stereocenters. The molecule has 22 heavy (non-hydrogen) atoms. The van der Waals surface area contributed by atoms with Gasteiger partial charge in [0.05, 0.1) is 7.11 Å². The molecule has 0 aromatic heterocycles. The van der Waals surface area contributed by atoms with Crippen LogP contribution in [0.1, 0.15) is 12.5 Å². The molecule has 0 aliphatic rings. The summed E-state index contributed by atoms with van der Waals surface area (Å²) in [4.78, 5) is 0. The Balaban J connectivity index is 0.00000441. The second kappa shape index (κ2) is 10.2. The van der Waals surface area contributed by atoms with Gasteiger partial charge in [0, 0.05) is 13.1 Å². The molecule has 0 amide bonds. The fourth-order valence-electron chi connectivity index (χ4n) is 1.75. The summed E-state index contributed by atoms with van der Waals surface area (Å²) in [5.41, 5.74) is 0.995. The SMILES string of the molecule is CCN(CC(O)COc1ccc(C)cc1OC)S(=O)(=O)[O-].[K+]. The van der Waals surface area contributed by atoms with E-state index >= 15 is 0 Å². The van der Waals surface area contributed by atoms with Crippen molar-refractivity contribution in [3.05, 3.63) is 23.8 Å². The second-order valence-electron chi connectivity index (χ2n) is 4.53. The fourth-order valence-corrected chi connectivity index (χ4v) is 2.42. The van der Waals surface area contributed by atoms with E-state index in [4.69, 9.17) is 9.47 Å². The number of hydrogen-bond donors (Lipinski definition) is 1. The maximum Gasteiger partial charge on any atom is 1.00 e. The third-order valence-electron chi connectivity index (χ3n) is 2.83. The molecule has 0 aliphatic heterocycles. The van der Waals surface area contributed by atoms with Crippen LogP contribution in [0.5, 0.6) is 11.5 Å². The van der Waals surface area contributed by atoms with E-state index in [1.54, 1.807) is 12.1 Å². The Hall–Kier alpha value is 0.286. The second-order valence-corrected chi connectivity index (χ2v) is 5.90. The number of nitrogens with zero attached hydrogens (tertiary/aromatic N) is 1. The van der Waals surface area contributed by atoms with Crippen molar-refractivity contribution < 1.29 is 78.9 Å². The monoisotopic (exact) mass is 357 g/mol. The minimum atomic E-state index is -4.57. The standard InChI is InChI=1S/C13H21NO6S.K/c1-4-14(21(16,17)18)8-11(15)9-20-12-6-5-10(2)7-13(12)19-3;/h5-7,11,15H,4,8-9H2,1-3H3,(H,16,17,18);/q;+1/p-1. The fraction of sp³-hybridized carbons (Fsp3) is 0.538. The Morgan fingerprint density at radius 2 is 2.00 bits per heavy atom. The number of aliphatic hydroxyl groups is 1. The molecule has 7 nitrogen and oxygen atoms in total. The van der Waals surface area contributed by atoms with Crippen LogP contribution in [0.4, 0.5) is 0 Å². The van der Waals surface area contributed by atoms with Crippen molar-refractivity contribution in [1.82, 2.24) is 4.31 Å². The van der Waals surface area contributed by atoms with E-state index in [-0.39, 0.29) is 71.1 Å². The third-order valence-corrected chi connectivity index (χ3v) is 3.87. The topological polar surface area (TPSA) is 99.1 Å². The van der Waals surface area contributed by atoms with Crippen molar-refractivity contribution in [2.45, 2.75) is 20.0 Å². The maximum atomic E-state index is 10.9. The number of hydrogen-bond acceptors (Lipinski definition) is 6. The minimum Gasteiger partial charge on any atom is -0.735 e. The first-order valence-electron chi connectivity index (χ1n) is 6.44. The van der Waals surface area contributed by atoms with Gasteiger partial charge in [-0.1, -0.05) is 13.0 Å². The van der Waals surface area contributed by atoms with Crippen LogP contribution in [-0.4, -0.2) is 55.3 Å². The minimum absolute atomic E-state index is 0. The van der Waals surface area contributed by atoms with E-state index in [9.17, 15) is 18.1 Å². The van der Waals surface area contributed by atoms with Crippen molar-refractivity contribution in [2.24, 2.45) is 0 Å². The molecule has 0 aliphatic carbocycles. The molecule has 0 saturated heterocycles. The van der Waals surface area contributed by atoms with E-state index in [0.717, 1.165) is 5.56 Å². The van der Waals surface area contributed by atoms with Gasteiger partial charge in [-0.05, 0) is 24.6 Å². The summed E-state index contributed by atoms with van der Waals surface area (Å²) in [5, 5.41) is 9.78. The first-order valence-corrected chi connectivity index (χ1v) is 7.81. The van der Waals surface area contributed by atoms with Gasteiger partial charge in [0.25, 0.3) is 0 Å². The van der Waals surface area contributed by atoms with E-state index in [1.807, 2.05) is 13.0 Å². The van der Waals surface area contributed by atoms with Crippen molar-refractivity contribution >= 4 is 10.3 Å². The molecule has 9 heteroatoms. The van der Waals surface area contributed by atoms with Crippen LogP contribution in [0, 0.1) is 6.92 Å². The average Bonchev–Trinajstić information content (AvgIpc) is 2.41. The summed E-state index contributed by atoms with van der Waals surface area (Å²) >= 11 is 0. The van der Waals surface area contributed by atoms with Crippen LogP contribution >= 0.6 is 0 Å². The molecular weight excluding hydrogens is 337 g/mol. The molecule has 1 aromatic rings. The van der Waals surface area contributed by atoms with Gasteiger partial charge in [0.2, 0.25) is 0 Å². The van der Waals surface area contributed by atoms with E-state index in [2.05, 4.69) is 0 Å². The number of aliphatic hydroxyl groups excluding tert-OH is 1. The molecule has 0 bridgehead atoms. The maximum absolute atomic E-state index is 10.9. The van der Waals surface area contributed by atoms with Crippen molar-refractivity contribution in [3.63, 3.8) is 0 Å². The van der Waals surface area contributed by atoms with Crippen LogP contribution in [0.25, 0.3) is 0 Å². The summed E-state index contributed by atoms with van der Waals surface area (Å²) in [5.74, 6) is 0.959. The molecule has 0 spiro atoms. The van der Waals surface area contributed by atoms with Gasteiger partial charge < -0.3 is 19.1 Å². The molecule has 120 valence electrons. The van der Waals surface area contributed by atoms with Gasteiger partial charge in [-0.15, -0.1) is 0 Å². The smallest absolute Gasteiger partial charge is 0.735 e. The summed E-state index contributed by atoms with van der Waals surface area (Å²) in [7, 11) is -3.07. The Morgan fingerprint density at radius 1 is 1.36 bits per heavy atom. The number of ether oxygens (including phenoxy) is 2. The van der Waals surface area contributed by atoms with Crippen LogP contribution < -0.4 is 60.9 Å². The van der Waals surface area contributed by atoms with Gasteiger partial charge in [0.15, 0.2) is 21.8 Å². The molecule has 1 aromatic carbocycles. The Labute approximate surface area is 173 Å². The van der Waals surface area contributed by atoms with Crippen molar-refractivity contribution in [3.8, 4) is 11.5 Å². The molecule has 0 heterocycles. The molecule has 0 saturated carbocycles. The summed E-state index contributed by atoms with van der Waals surface area (Å²) < 4.78 is 43.9. The third kappa shape index (κ3) is 7.24. The Bertz CT molecular complexity index is 566. The largest absolute Gasteiger partial charge is 1.00 e. The van der Waals surface area contributed by atoms with E-state index in [1.165, 1.54) is 14.0 Å². The predicted molar refractivity (Wildman–Crippen MR) is 76.2 cm³/mol. The first kappa shape index (κ1) is 22.3.